The van der Waals surface area contributed by atoms with Crippen LogP contribution in [0.15, 0.2) is 69.7 Å². The number of para-hydroxylation sites is 1. The van der Waals surface area contributed by atoms with Gasteiger partial charge in [0, 0.05) is 36.9 Å². The predicted molar refractivity (Wildman–Crippen MR) is 166 cm³/mol. The molecule has 0 bridgehead atoms. The van der Waals surface area contributed by atoms with Crippen molar-refractivity contribution in [1.82, 2.24) is 9.88 Å². The molecule has 0 amide bonds. The van der Waals surface area contributed by atoms with Crippen molar-refractivity contribution < 1.29 is 23.4 Å². The summed E-state index contributed by atoms with van der Waals surface area (Å²) in [6.07, 6.45) is 0. The van der Waals surface area contributed by atoms with Gasteiger partial charge in [-0.25, -0.2) is 13.4 Å². The quantitative estimate of drug-likeness (QED) is 0.113. The fourth-order valence-corrected chi connectivity index (χ4v) is 5.32. The van der Waals surface area contributed by atoms with E-state index in [1.54, 1.807) is 12.1 Å². The maximum absolute atomic E-state index is 12.9. The molecule has 0 unspecified atom stereocenters. The van der Waals surface area contributed by atoms with Gasteiger partial charge in [0.05, 0.1) is 48.5 Å². The number of rotatable bonds is 17. The fraction of sp³-hybridized carbons (Fsp3) is 0.414. The molecule has 0 saturated heterocycles. The molecule has 0 aliphatic heterocycles. The van der Waals surface area contributed by atoms with Crippen molar-refractivity contribution in [2.75, 3.05) is 68.2 Å². The second-order valence-electron chi connectivity index (χ2n) is 9.82. The van der Waals surface area contributed by atoms with Crippen molar-refractivity contribution in [3.8, 4) is 0 Å². The summed E-state index contributed by atoms with van der Waals surface area (Å²) in [6, 6.07) is 15.9. The minimum atomic E-state index is -3.52. The van der Waals surface area contributed by atoms with Gasteiger partial charge in [0.2, 0.25) is 0 Å². The van der Waals surface area contributed by atoms with Crippen LogP contribution in [0.1, 0.15) is 19.4 Å². The lowest BCUT2D eigenvalue weighted by Gasteiger charge is -2.25. The maximum atomic E-state index is 12.9. The summed E-state index contributed by atoms with van der Waals surface area (Å²) >= 11 is 0. The number of anilines is 4. The van der Waals surface area contributed by atoms with E-state index in [0.29, 0.717) is 60.5 Å². The molecular formula is C29H41N7O5S. The number of pyridine rings is 1. The zero-order valence-corrected chi connectivity index (χ0v) is 25.1. The Hall–Kier alpha value is -3.62. The monoisotopic (exact) mass is 599 g/mol. The largest absolute Gasteiger partial charge is 0.395 e. The topological polar surface area (TPSA) is 175 Å². The second-order valence-corrected chi connectivity index (χ2v) is 11.9. The van der Waals surface area contributed by atoms with E-state index in [1.807, 2.05) is 56.0 Å². The number of sulfone groups is 1. The zero-order valence-electron chi connectivity index (χ0n) is 24.3. The van der Waals surface area contributed by atoms with Gasteiger partial charge in [-0.2, -0.15) is 5.11 Å². The van der Waals surface area contributed by atoms with E-state index in [9.17, 15) is 13.5 Å². The summed E-state index contributed by atoms with van der Waals surface area (Å²) in [5, 5.41) is 33.4. The zero-order chi connectivity index (χ0) is 30.5. The van der Waals surface area contributed by atoms with Gasteiger partial charge < -0.3 is 31.3 Å². The Morgan fingerprint density at radius 3 is 2.33 bits per heavy atom. The lowest BCUT2D eigenvalue weighted by molar-refractivity contribution is 0.0992. The van der Waals surface area contributed by atoms with Gasteiger partial charge in [0.25, 0.3) is 0 Å². The van der Waals surface area contributed by atoms with Crippen LogP contribution in [-0.2, 0) is 14.6 Å². The third-order valence-corrected chi connectivity index (χ3v) is 8.21. The summed E-state index contributed by atoms with van der Waals surface area (Å²) in [4.78, 5) is 6.78. The van der Waals surface area contributed by atoms with Crippen molar-refractivity contribution in [3.05, 3.63) is 60.2 Å². The first-order valence-corrected chi connectivity index (χ1v) is 15.5. The van der Waals surface area contributed by atoms with Crippen molar-refractivity contribution in [3.63, 3.8) is 0 Å². The molecular weight excluding hydrogens is 558 g/mol. The highest BCUT2D eigenvalue weighted by Crippen LogP contribution is 2.37. The number of hydrogen-bond acceptors (Lipinski definition) is 12. The van der Waals surface area contributed by atoms with E-state index < -0.39 is 9.84 Å². The van der Waals surface area contributed by atoms with Crippen molar-refractivity contribution >= 4 is 44.2 Å². The van der Waals surface area contributed by atoms with Crippen molar-refractivity contribution in [2.45, 2.75) is 31.7 Å². The smallest absolute Gasteiger partial charge is 0.179 e. The number of aliphatic hydroxyl groups is 2. The average Bonchev–Trinajstić information content (AvgIpc) is 2.98. The molecule has 228 valence electrons. The van der Waals surface area contributed by atoms with Crippen molar-refractivity contribution in [1.29, 1.82) is 0 Å². The number of nitrogen functional groups attached to an aromatic ring is 1. The van der Waals surface area contributed by atoms with Gasteiger partial charge in [-0.1, -0.05) is 18.2 Å². The number of aromatic nitrogens is 1. The molecule has 13 heteroatoms. The molecule has 1 heterocycles. The van der Waals surface area contributed by atoms with E-state index in [2.05, 4.69) is 25.8 Å². The molecule has 3 aromatic rings. The predicted octanol–water partition coefficient (Wildman–Crippen LogP) is 4.03. The van der Waals surface area contributed by atoms with Crippen LogP contribution in [0.5, 0.6) is 0 Å². The number of nitrogens with two attached hydrogens (primary N) is 1. The minimum Gasteiger partial charge on any atom is -0.395 e. The fourth-order valence-electron chi connectivity index (χ4n) is 4.05. The molecule has 0 aliphatic rings. The number of aliphatic hydroxyl groups excluding tert-OH is 2. The maximum Gasteiger partial charge on any atom is 0.179 e. The van der Waals surface area contributed by atoms with Gasteiger partial charge in [0.15, 0.2) is 21.5 Å². The molecule has 0 radical (unpaired) electrons. The Kier molecular flexibility index (Phi) is 12.6. The molecule has 3 rings (SSSR count). The number of nitrogens with zero attached hydrogens (tertiary/aromatic N) is 4. The first kappa shape index (κ1) is 32.9. The van der Waals surface area contributed by atoms with E-state index in [-0.39, 0.29) is 36.5 Å². The first-order chi connectivity index (χ1) is 20.2. The Morgan fingerprint density at radius 1 is 0.976 bits per heavy atom. The third-order valence-electron chi connectivity index (χ3n) is 6.50. The highest BCUT2D eigenvalue weighted by Gasteiger charge is 2.19. The summed E-state index contributed by atoms with van der Waals surface area (Å²) < 4.78 is 31.2. The van der Waals surface area contributed by atoms with Crippen LogP contribution in [0.3, 0.4) is 0 Å². The summed E-state index contributed by atoms with van der Waals surface area (Å²) in [7, 11) is -3.52. The van der Waals surface area contributed by atoms with Crippen LogP contribution in [0.4, 0.5) is 34.4 Å². The normalized spacial score (nSPS) is 12.0. The van der Waals surface area contributed by atoms with Crippen LogP contribution < -0.4 is 16.4 Å². The van der Waals surface area contributed by atoms with Crippen LogP contribution in [0.2, 0.25) is 0 Å². The van der Waals surface area contributed by atoms with Crippen LogP contribution in [-0.4, -0.2) is 86.4 Å². The van der Waals surface area contributed by atoms with E-state index >= 15 is 0 Å². The molecule has 0 spiro atoms. The molecule has 0 atom stereocenters. The molecule has 1 aromatic heterocycles. The molecule has 42 heavy (non-hydrogen) atoms. The van der Waals surface area contributed by atoms with E-state index in [1.165, 1.54) is 12.1 Å². The molecule has 0 fully saturated rings. The van der Waals surface area contributed by atoms with Crippen LogP contribution >= 0.6 is 0 Å². The minimum absolute atomic E-state index is 0.0282. The highest BCUT2D eigenvalue weighted by atomic mass is 32.2. The number of benzene rings is 2. The number of nitrogens with one attached hydrogen (secondary N) is 2. The Balaban J connectivity index is 1.82. The lowest BCUT2D eigenvalue weighted by atomic mass is 10.2. The molecule has 0 aliphatic carbocycles. The summed E-state index contributed by atoms with van der Waals surface area (Å²) in [5.41, 5.74) is 9.21. The average molecular weight is 600 g/mol. The summed E-state index contributed by atoms with van der Waals surface area (Å²) in [6.45, 7) is 7.38. The van der Waals surface area contributed by atoms with Gasteiger partial charge >= 0.3 is 0 Å². The van der Waals surface area contributed by atoms with Crippen LogP contribution in [0.25, 0.3) is 0 Å². The second kappa shape index (κ2) is 16.1. The van der Waals surface area contributed by atoms with Gasteiger partial charge in [-0.05, 0) is 57.2 Å². The number of hydrogen-bond donors (Lipinski definition) is 5. The number of ether oxygens (including phenoxy) is 1. The SMILES string of the molecule is Cc1c(N)c(Nc2ccccc2)nc(NCCOCCO)c1/N=N/c1ccc(S(=O)(=O)CCN(CCO)C(C)C)cc1. The van der Waals surface area contributed by atoms with Gasteiger partial charge in [-0.3, -0.25) is 4.90 Å². The molecule has 0 saturated carbocycles. The van der Waals surface area contributed by atoms with E-state index in [4.69, 9.17) is 15.6 Å². The Morgan fingerprint density at radius 2 is 1.69 bits per heavy atom. The standard InChI is InChI=1S/C29H41N7O5S/c1-21(2)36(14-16-37)15-20-42(39,40)25-11-9-24(10-12-25)34-35-27-22(3)26(30)28(32-23-7-5-4-6-8-23)33-29(27)31-13-18-41-19-17-38/h4-12,21,37-38H,13-20,30H2,1-3H3,(H2,31,32,33)/b35-34+. The summed E-state index contributed by atoms with van der Waals surface area (Å²) in [5.74, 6) is 0.839. The van der Waals surface area contributed by atoms with Gasteiger partial charge in [-0.15, -0.1) is 5.11 Å². The lowest BCUT2D eigenvalue weighted by Crippen LogP contribution is -2.37. The highest BCUT2D eigenvalue weighted by molar-refractivity contribution is 7.91. The third kappa shape index (κ3) is 9.46. The van der Waals surface area contributed by atoms with Crippen molar-refractivity contribution in [2.24, 2.45) is 10.2 Å². The van der Waals surface area contributed by atoms with Crippen LogP contribution in [0, 0.1) is 6.92 Å². The molecule has 12 nitrogen and oxygen atoms in total. The molecule has 2 aromatic carbocycles. The first-order valence-electron chi connectivity index (χ1n) is 13.8. The number of azo groups is 1. The molecule has 6 N–H and O–H groups in total. The Bertz CT molecular complexity index is 1400. The van der Waals surface area contributed by atoms with E-state index in [0.717, 1.165) is 5.69 Å². The van der Waals surface area contributed by atoms with Gasteiger partial charge in [0.1, 0.15) is 5.69 Å². The Labute approximate surface area is 247 Å².